The van der Waals surface area contributed by atoms with Crippen LogP contribution in [0.15, 0.2) is 22.7 Å². The van der Waals surface area contributed by atoms with E-state index in [1.807, 2.05) is 12.1 Å². The van der Waals surface area contributed by atoms with Crippen LogP contribution in [0.1, 0.15) is 25.3 Å². The van der Waals surface area contributed by atoms with E-state index in [1.165, 1.54) is 0 Å². The van der Waals surface area contributed by atoms with Gasteiger partial charge in [0.15, 0.2) is 0 Å². The van der Waals surface area contributed by atoms with Gasteiger partial charge in [0.05, 0.1) is 0 Å². The topological polar surface area (TPSA) is 30.5 Å². The van der Waals surface area contributed by atoms with E-state index >= 15 is 0 Å². The van der Waals surface area contributed by atoms with Gasteiger partial charge >= 0.3 is 0 Å². The Morgan fingerprint density at radius 3 is 2.89 bits per heavy atom. The highest BCUT2D eigenvalue weighted by Crippen LogP contribution is 2.31. The van der Waals surface area contributed by atoms with Crippen molar-refractivity contribution in [2.24, 2.45) is 0 Å². The van der Waals surface area contributed by atoms with Crippen LogP contribution in [0.5, 0.6) is 5.75 Å². The standard InChI is InChI=1S/C15H22BrNO2/c1-4-7-17-12-9-14(15(12)18-3)19-13-8-11(16)6-5-10(13)2/h5-6,8,12,14-15,17H,4,7,9H2,1-3H3. The van der Waals surface area contributed by atoms with Gasteiger partial charge in [0.2, 0.25) is 0 Å². The summed E-state index contributed by atoms with van der Waals surface area (Å²) in [7, 11) is 1.76. The SMILES string of the molecule is CCCNC1CC(Oc2cc(Br)ccc2C)C1OC. The van der Waals surface area contributed by atoms with Crippen LogP contribution in [-0.4, -0.2) is 31.9 Å². The first-order chi connectivity index (χ1) is 9.15. The van der Waals surface area contributed by atoms with Crippen molar-refractivity contribution in [3.05, 3.63) is 28.2 Å². The van der Waals surface area contributed by atoms with Gasteiger partial charge in [-0.15, -0.1) is 0 Å². The number of hydrogen-bond donors (Lipinski definition) is 1. The minimum Gasteiger partial charge on any atom is -0.487 e. The molecule has 1 aliphatic rings. The van der Waals surface area contributed by atoms with Crippen molar-refractivity contribution in [1.29, 1.82) is 0 Å². The lowest BCUT2D eigenvalue weighted by Gasteiger charge is -2.43. The van der Waals surface area contributed by atoms with Gasteiger partial charge in [-0.25, -0.2) is 0 Å². The molecule has 0 spiro atoms. The summed E-state index contributed by atoms with van der Waals surface area (Å²) in [6, 6.07) is 6.53. The van der Waals surface area contributed by atoms with E-state index in [9.17, 15) is 0 Å². The third-order valence-electron chi connectivity index (χ3n) is 3.61. The number of methoxy groups -OCH3 is 1. The molecule has 106 valence electrons. The monoisotopic (exact) mass is 327 g/mol. The smallest absolute Gasteiger partial charge is 0.128 e. The summed E-state index contributed by atoms with van der Waals surface area (Å²) in [4.78, 5) is 0. The lowest BCUT2D eigenvalue weighted by atomic mass is 9.85. The first-order valence-corrected chi connectivity index (χ1v) is 7.64. The second kappa shape index (κ2) is 6.73. The normalized spacial score (nSPS) is 26.0. The maximum atomic E-state index is 6.08. The molecule has 19 heavy (non-hydrogen) atoms. The Balaban J connectivity index is 1.95. The predicted octanol–water partition coefficient (Wildman–Crippen LogP) is 3.29. The van der Waals surface area contributed by atoms with Crippen LogP contribution in [0, 0.1) is 6.92 Å². The zero-order chi connectivity index (χ0) is 13.8. The second-order valence-corrected chi connectivity index (χ2v) is 5.98. The highest BCUT2D eigenvalue weighted by atomic mass is 79.9. The Morgan fingerprint density at radius 1 is 1.42 bits per heavy atom. The van der Waals surface area contributed by atoms with Gasteiger partial charge in [0.1, 0.15) is 18.0 Å². The van der Waals surface area contributed by atoms with Crippen LogP contribution in [0.4, 0.5) is 0 Å². The number of benzene rings is 1. The summed E-state index contributed by atoms with van der Waals surface area (Å²) >= 11 is 3.48. The predicted molar refractivity (Wildman–Crippen MR) is 80.8 cm³/mol. The number of ether oxygens (including phenoxy) is 2. The highest BCUT2D eigenvalue weighted by Gasteiger charge is 2.43. The largest absolute Gasteiger partial charge is 0.487 e. The summed E-state index contributed by atoms with van der Waals surface area (Å²) < 4.78 is 12.7. The van der Waals surface area contributed by atoms with Crippen LogP contribution in [-0.2, 0) is 4.74 Å². The number of rotatable bonds is 6. The molecule has 3 nitrogen and oxygen atoms in total. The number of nitrogens with one attached hydrogen (secondary N) is 1. The average molecular weight is 328 g/mol. The molecule has 1 saturated carbocycles. The fraction of sp³-hybridized carbons (Fsp3) is 0.600. The van der Waals surface area contributed by atoms with E-state index in [2.05, 4.69) is 41.2 Å². The third-order valence-corrected chi connectivity index (χ3v) is 4.10. The first-order valence-electron chi connectivity index (χ1n) is 6.84. The van der Waals surface area contributed by atoms with E-state index in [-0.39, 0.29) is 12.2 Å². The molecule has 0 heterocycles. The molecule has 1 N–H and O–H groups in total. The Kier molecular flexibility index (Phi) is 5.25. The molecule has 0 radical (unpaired) electrons. The molecular formula is C15H22BrNO2. The molecule has 1 aromatic carbocycles. The van der Waals surface area contributed by atoms with Crippen LogP contribution < -0.4 is 10.1 Å². The minimum atomic E-state index is 0.143. The Hall–Kier alpha value is -0.580. The highest BCUT2D eigenvalue weighted by molar-refractivity contribution is 9.10. The first kappa shape index (κ1) is 14.8. The van der Waals surface area contributed by atoms with Crippen LogP contribution >= 0.6 is 15.9 Å². The number of hydrogen-bond acceptors (Lipinski definition) is 3. The van der Waals surface area contributed by atoms with Crippen molar-refractivity contribution in [3.8, 4) is 5.75 Å². The maximum absolute atomic E-state index is 6.08. The van der Waals surface area contributed by atoms with E-state index in [1.54, 1.807) is 7.11 Å². The van der Waals surface area contributed by atoms with E-state index in [4.69, 9.17) is 9.47 Å². The lowest BCUT2D eigenvalue weighted by Crippen LogP contribution is -2.61. The van der Waals surface area contributed by atoms with E-state index in [0.29, 0.717) is 6.04 Å². The third kappa shape index (κ3) is 3.50. The molecule has 0 saturated heterocycles. The fourth-order valence-electron chi connectivity index (χ4n) is 2.41. The molecule has 0 amide bonds. The van der Waals surface area contributed by atoms with Crippen molar-refractivity contribution < 1.29 is 9.47 Å². The minimum absolute atomic E-state index is 0.143. The van der Waals surface area contributed by atoms with Crippen molar-refractivity contribution >= 4 is 15.9 Å². The Morgan fingerprint density at radius 2 is 2.21 bits per heavy atom. The average Bonchev–Trinajstić information content (AvgIpc) is 2.37. The van der Waals surface area contributed by atoms with Gasteiger partial charge in [-0.1, -0.05) is 28.9 Å². The van der Waals surface area contributed by atoms with Crippen molar-refractivity contribution in [2.45, 2.75) is 44.9 Å². The van der Waals surface area contributed by atoms with Crippen LogP contribution in [0.2, 0.25) is 0 Å². The summed E-state index contributed by atoms with van der Waals surface area (Å²) in [5, 5.41) is 3.50. The van der Waals surface area contributed by atoms with Gasteiger partial charge in [0.25, 0.3) is 0 Å². The van der Waals surface area contributed by atoms with Crippen molar-refractivity contribution in [1.82, 2.24) is 5.32 Å². The molecule has 2 rings (SSSR count). The second-order valence-electron chi connectivity index (χ2n) is 5.06. The quantitative estimate of drug-likeness (QED) is 0.869. The zero-order valence-corrected chi connectivity index (χ0v) is 13.4. The zero-order valence-electron chi connectivity index (χ0n) is 11.8. The van der Waals surface area contributed by atoms with Gasteiger partial charge < -0.3 is 14.8 Å². The number of halogens is 1. The molecule has 0 aromatic heterocycles. The van der Waals surface area contributed by atoms with E-state index in [0.717, 1.165) is 35.2 Å². The Bertz CT molecular complexity index is 425. The summed E-state index contributed by atoms with van der Waals surface area (Å²) in [5.41, 5.74) is 1.16. The molecule has 0 aliphatic heterocycles. The molecule has 3 unspecified atom stereocenters. The Labute approximate surface area is 123 Å². The number of aryl methyl sites for hydroxylation is 1. The van der Waals surface area contributed by atoms with Gasteiger partial charge in [-0.05, 0) is 37.6 Å². The summed E-state index contributed by atoms with van der Waals surface area (Å²) in [5.74, 6) is 0.940. The fourth-order valence-corrected chi connectivity index (χ4v) is 2.75. The van der Waals surface area contributed by atoms with Crippen molar-refractivity contribution in [2.75, 3.05) is 13.7 Å². The van der Waals surface area contributed by atoms with Gasteiger partial charge in [-0.2, -0.15) is 0 Å². The van der Waals surface area contributed by atoms with Crippen LogP contribution in [0.3, 0.4) is 0 Å². The molecule has 1 aromatic rings. The summed E-state index contributed by atoms with van der Waals surface area (Å²) in [6.07, 6.45) is 2.44. The molecular weight excluding hydrogens is 306 g/mol. The molecule has 1 fully saturated rings. The van der Waals surface area contributed by atoms with Crippen LogP contribution in [0.25, 0.3) is 0 Å². The molecule has 3 atom stereocenters. The van der Waals surface area contributed by atoms with Gasteiger partial charge in [-0.3, -0.25) is 0 Å². The lowest BCUT2D eigenvalue weighted by molar-refractivity contribution is -0.0889. The summed E-state index contributed by atoms with van der Waals surface area (Å²) in [6.45, 7) is 5.27. The maximum Gasteiger partial charge on any atom is 0.128 e. The van der Waals surface area contributed by atoms with Gasteiger partial charge in [0, 0.05) is 24.0 Å². The van der Waals surface area contributed by atoms with E-state index < -0.39 is 0 Å². The molecule has 0 bridgehead atoms. The molecule has 4 heteroatoms. The molecule has 1 aliphatic carbocycles. The van der Waals surface area contributed by atoms with Crippen molar-refractivity contribution in [3.63, 3.8) is 0 Å².